The number of methoxy groups -OCH3 is 1. The minimum atomic E-state index is -3.97. The lowest BCUT2D eigenvalue weighted by Crippen LogP contribution is -2.50. The highest BCUT2D eigenvalue weighted by Crippen LogP contribution is 2.28. The van der Waals surface area contributed by atoms with E-state index in [-0.39, 0.29) is 23.4 Å². The largest absolute Gasteiger partial charge is 0.497 e. The SMILES string of the molecule is BO.COc1ccc(-c2cc(=O)n(CCC(C)(C(=O)NO)S(C)(=O)=O)cc2F)c(F)c1. The van der Waals surface area contributed by atoms with E-state index in [0.717, 1.165) is 44.1 Å². The second-order valence-electron chi connectivity index (χ2n) is 6.61. The van der Waals surface area contributed by atoms with Crippen LogP contribution in [0.4, 0.5) is 8.78 Å². The first-order valence-electron chi connectivity index (χ1n) is 8.77. The molecule has 2 rings (SSSR count). The minimum absolute atomic E-state index is 0.145. The Balaban J connectivity index is 0.00000233. The standard InChI is InChI=1S/C18H20F2N2O6S.BH3O/c1-18(17(24)21-25,29(3,26)27)6-7-22-10-15(20)13(9-16(22)23)12-5-4-11(28-2)8-14(12)19;1-2/h4-5,8-10,25H,6-7H2,1-3H3,(H,21,24);2H,1H2. The number of ether oxygens (including phenoxy) is 1. The molecule has 1 aromatic heterocycles. The Bertz CT molecular complexity index is 1110. The van der Waals surface area contributed by atoms with E-state index in [9.17, 15) is 26.8 Å². The molecule has 0 saturated heterocycles. The van der Waals surface area contributed by atoms with Gasteiger partial charge >= 0.3 is 0 Å². The van der Waals surface area contributed by atoms with Gasteiger partial charge in [0.15, 0.2) is 14.6 Å². The average Bonchev–Trinajstić information content (AvgIpc) is 2.73. The topological polar surface area (TPSA) is 135 Å². The predicted molar refractivity (Wildman–Crippen MR) is 111 cm³/mol. The molecule has 0 bridgehead atoms. The van der Waals surface area contributed by atoms with E-state index < -0.39 is 44.1 Å². The number of carbonyl (C=O) groups excluding carboxylic acids is 1. The summed E-state index contributed by atoms with van der Waals surface area (Å²) in [6, 6.07) is 4.60. The summed E-state index contributed by atoms with van der Waals surface area (Å²) in [7, 11) is -1.63. The number of halogens is 2. The van der Waals surface area contributed by atoms with Crippen molar-refractivity contribution in [2.75, 3.05) is 13.4 Å². The van der Waals surface area contributed by atoms with Crippen LogP contribution < -0.4 is 15.8 Å². The quantitative estimate of drug-likeness (QED) is 0.302. The number of hydrogen-bond acceptors (Lipinski definition) is 7. The average molecular weight is 460 g/mol. The Morgan fingerprint density at radius 1 is 1.23 bits per heavy atom. The lowest BCUT2D eigenvalue weighted by molar-refractivity contribution is -0.131. The summed E-state index contributed by atoms with van der Waals surface area (Å²) in [5.41, 5.74) is 0.146. The smallest absolute Gasteiger partial charge is 0.264 e. The number of sulfone groups is 1. The lowest BCUT2D eigenvalue weighted by atomic mass is 10.0. The molecule has 1 heterocycles. The molecule has 0 fully saturated rings. The van der Waals surface area contributed by atoms with E-state index in [1.54, 1.807) is 0 Å². The lowest BCUT2D eigenvalue weighted by Gasteiger charge is -2.25. The van der Waals surface area contributed by atoms with E-state index in [4.69, 9.17) is 15.0 Å². The van der Waals surface area contributed by atoms with Gasteiger partial charge < -0.3 is 14.3 Å². The molecule has 0 aliphatic heterocycles. The predicted octanol–water partition coefficient (Wildman–Crippen LogP) is 0.0277. The van der Waals surface area contributed by atoms with Crippen molar-refractivity contribution < 1.29 is 37.0 Å². The number of hydrogen-bond donors (Lipinski definition) is 3. The van der Waals surface area contributed by atoms with Crippen LogP contribution in [0.3, 0.4) is 0 Å². The number of benzene rings is 1. The second-order valence-corrected chi connectivity index (χ2v) is 9.05. The Labute approximate surface area is 178 Å². The van der Waals surface area contributed by atoms with Crippen molar-refractivity contribution in [2.45, 2.75) is 24.6 Å². The van der Waals surface area contributed by atoms with Crippen molar-refractivity contribution in [1.82, 2.24) is 10.0 Å². The number of aryl methyl sites for hydroxylation is 1. The van der Waals surface area contributed by atoms with Crippen molar-refractivity contribution >= 4 is 23.8 Å². The molecule has 1 unspecified atom stereocenters. The van der Waals surface area contributed by atoms with Crippen LogP contribution in [0.15, 0.2) is 35.3 Å². The molecule has 1 amide bonds. The van der Waals surface area contributed by atoms with Gasteiger partial charge in [0.1, 0.15) is 17.4 Å². The van der Waals surface area contributed by atoms with Crippen LogP contribution in [0.5, 0.6) is 5.75 Å². The first-order valence-corrected chi connectivity index (χ1v) is 10.7. The molecule has 2 aromatic rings. The van der Waals surface area contributed by atoms with Crippen molar-refractivity contribution in [3.63, 3.8) is 0 Å². The van der Waals surface area contributed by atoms with Crippen molar-refractivity contribution in [3.8, 4) is 16.9 Å². The Hall–Kier alpha value is -2.77. The molecule has 1 aromatic carbocycles. The number of nitrogens with zero attached hydrogens (tertiary/aromatic N) is 1. The van der Waals surface area contributed by atoms with Gasteiger partial charge in [-0.25, -0.2) is 22.7 Å². The zero-order chi connectivity index (χ0) is 24.0. The number of carbonyl (C=O) groups is 1. The molecule has 3 N–H and O–H groups in total. The minimum Gasteiger partial charge on any atom is -0.497 e. The first kappa shape index (κ1) is 26.3. The van der Waals surface area contributed by atoms with Gasteiger partial charge in [-0.2, -0.15) is 0 Å². The summed E-state index contributed by atoms with van der Waals surface area (Å²) in [6.45, 7) is 0.745. The number of rotatable bonds is 7. The normalized spacial score (nSPS) is 12.9. The Morgan fingerprint density at radius 3 is 2.32 bits per heavy atom. The molecule has 9 nitrogen and oxygen atoms in total. The molecular formula is C18H23BF2N2O7S. The molecule has 13 heteroatoms. The maximum Gasteiger partial charge on any atom is 0.264 e. The van der Waals surface area contributed by atoms with Crippen LogP contribution in [-0.4, -0.2) is 55.3 Å². The van der Waals surface area contributed by atoms with Crippen molar-refractivity contribution in [3.05, 3.63) is 52.5 Å². The fourth-order valence-electron chi connectivity index (χ4n) is 2.69. The van der Waals surface area contributed by atoms with Gasteiger partial charge in [-0.3, -0.25) is 14.8 Å². The number of nitrogens with one attached hydrogen (secondary N) is 1. The van der Waals surface area contributed by atoms with Crippen LogP contribution >= 0.6 is 0 Å². The van der Waals surface area contributed by atoms with Crippen LogP contribution in [-0.2, 0) is 21.2 Å². The number of hydroxylamine groups is 1. The van der Waals surface area contributed by atoms with Gasteiger partial charge in [0, 0.05) is 42.3 Å². The third kappa shape index (κ3) is 5.68. The summed E-state index contributed by atoms with van der Waals surface area (Å²) in [4.78, 5) is 24.2. The Morgan fingerprint density at radius 2 is 1.84 bits per heavy atom. The van der Waals surface area contributed by atoms with Crippen molar-refractivity contribution in [2.24, 2.45) is 0 Å². The van der Waals surface area contributed by atoms with Crippen LogP contribution in [0.2, 0.25) is 0 Å². The zero-order valence-electron chi connectivity index (χ0n) is 17.3. The molecule has 0 spiro atoms. The fraction of sp³-hybridized carbons (Fsp3) is 0.333. The Kier molecular flexibility index (Phi) is 8.91. The maximum atomic E-state index is 14.6. The number of pyridine rings is 1. The number of amides is 1. The van der Waals surface area contributed by atoms with Gasteiger partial charge in [-0.15, -0.1) is 0 Å². The van der Waals surface area contributed by atoms with Crippen LogP contribution in [0.1, 0.15) is 13.3 Å². The second kappa shape index (κ2) is 10.5. The van der Waals surface area contributed by atoms with Gasteiger partial charge in [-0.05, 0) is 25.5 Å². The summed E-state index contributed by atoms with van der Waals surface area (Å²) in [5, 5.41) is 15.8. The number of aromatic nitrogens is 1. The molecule has 31 heavy (non-hydrogen) atoms. The van der Waals surface area contributed by atoms with E-state index in [2.05, 4.69) is 0 Å². The molecule has 0 aliphatic carbocycles. The fourth-order valence-corrected chi connectivity index (χ4v) is 3.53. The summed E-state index contributed by atoms with van der Waals surface area (Å²) in [6.07, 6.45) is 1.20. The molecule has 0 radical (unpaired) electrons. The first-order chi connectivity index (χ1) is 14.4. The van der Waals surface area contributed by atoms with E-state index >= 15 is 0 Å². The molecular weight excluding hydrogens is 437 g/mol. The highest BCUT2D eigenvalue weighted by Gasteiger charge is 2.43. The zero-order valence-corrected chi connectivity index (χ0v) is 18.2. The van der Waals surface area contributed by atoms with E-state index in [1.165, 1.54) is 24.7 Å². The van der Waals surface area contributed by atoms with E-state index in [0.29, 0.717) is 0 Å². The van der Waals surface area contributed by atoms with Crippen molar-refractivity contribution in [1.29, 1.82) is 0 Å². The van der Waals surface area contributed by atoms with E-state index in [1.807, 2.05) is 0 Å². The monoisotopic (exact) mass is 460 g/mol. The van der Waals surface area contributed by atoms with Gasteiger partial charge in [0.2, 0.25) is 0 Å². The summed E-state index contributed by atoms with van der Waals surface area (Å²) >= 11 is 0. The molecule has 170 valence electrons. The summed E-state index contributed by atoms with van der Waals surface area (Å²) < 4.78 is 56.4. The molecule has 0 saturated carbocycles. The highest BCUT2D eigenvalue weighted by atomic mass is 32.2. The third-order valence-corrected chi connectivity index (χ3v) is 6.80. The summed E-state index contributed by atoms with van der Waals surface area (Å²) in [5.74, 6) is -2.65. The highest BCUT2D eigenvalue weighted by molar-refractivity contribution is 7.92. The molecule has 0 aliphatic rings. The van der Waals surface area contributed by atoms with Gasteiger partial charge in [0.25, 0.3) is 19.5 Å². The van der Waals surface area contributed by atoms with Crippen LogP contribution in [0.25, 0.3) is 11.1 Å². The van der Waals surface area contributed by atoms with Crippen LogP contribution in [0, 0.1) is 11.6 Å². The van der Waals surface area contributed by atoms with Gasteiger partial charge in [-0.1, -0.05) is 0 Å². The maximum absolute atomic E-state index is 14.6. The van der Waals surface area contributed by atoms with Gasteiger partial charge in [0.05, 0.1) is 7.11 Å². The molecule has 1 atom stereocenters. The third-order valence-electron chi connectivity index (χ3n) is 4.77.